The molecule has 0 spiro atoms. The second-order valence-electron chi connectivity index (χ2n) is 5.34. The number of halogens is 3. The first kappa shape index (κ1) is 15.9. The summed E-state index contributed by atoms with van der Waals surface area (Å²) in [5.74, 6) is -1.02. The van der Waals surface area contributed by atoms with Crippen LogP contribution in [0.2, 0.25) is 0 Å². The molecule has 1 atom stereocenters. The second kappa shape index (κ2) is 6.50. The van der Waals surface area contributed by atoms with E-state index in [0.717, 1.165) is 25.7 Å². The predicted molar refractivity (Wildman–Crippen MR) is 78.8 cm³/mol. The van der Waals surface area contributed by atoms with Crippen molar-refractivity contribution >= 4 is 15.9 Å². The van der Waals surface area contributed by atoms with Crippen LogP contribution in [0, 0.1) is 11.6 Å². The Bertz CT molecular complexity index is 475. The average molecular weight is 348 g/mol. The van der Waals surface area contributed by atoms with Crippen molar-refractivity contribution in [3.05, 3.63) is 33.8 Å². The third kappa shape index (κ3) is 2.90. The molecule has 5 heteroatoms. The Labute approximate surface area is 127 Å². The minimum absolute atomic E-state index is 0.103. The molecule has 2 nitrogen and oxygen atoms in total. The van der Waals surface area contributed by atoms with Crippen LogP contribution in [0.15, 0.2) is 16.6 Å². The number of hydrogen-bond donors (Lipinski definition) is 1. The molecule has 1 N–H and O–H groups in total. The van der Waals surface area contributed by atoms with Crippen molar-refractivity contribution in [3.8, 4) is 0 Å². The van der Waals surface area contributed by atoms with E-state index in [0.29, 0.717) is 4.47 Å². The first-order valence-electron chi connectivity index (χ1n) is 6.89. The Hall–Kier alpha value is -0.520. The second-order valence-corrected chi connectivity index (χ2v) is 6.20. The van der Waals surface area contributed by atoms with E-state index >= 15 is 0 Å². The van der Waals surface area contributed by atoms with Gasteiger partial charge >= 0.3 is 0 Å². The van der Waals surface area contributed by atoms with Gasteiger partial charge in [-0.1, -0.05) is 12.8 Å². The van der Waals surface area contributed by atoms with Gasteiger partial charge < -0.3 is 10.1 Å². The lowest BCUT2D eigenvalue weighted by Gasteiger charge is -2.36. The molecule has 0 saturated heterocycles. The van der Waals surface area contributed by atoms with Crippen molar-refractivity contribution in [1.29, 1.82) is 0 Å². The fraction of sp³-hybridized carbons (Fsp3) is 0.600. The van der Waals surface area contributed by atoms with E-state index < -0.39 is 11.6 Å². The molecule has 2 rings (SSSR count). The van der Waals surface area contributed by atoms with Gasteiger partial charge in [-0.15, -0.1) is 0 Å². The standard InChI is InChI=1S/C15H20BrF2NO/c1-19-13(15(20-2)7-3-4-8-15)9-10-12(17)6-5-11(16)14(10)18/h5-6,13,19H,3-4,7-9H2,1-2H3. The van der Waals surface area contributed by atoms with Crippen LogP contribution in [0.5, 0.6) is 0 Å². The zero-order valence-electron chi connectivity index (χ0n) is 11.8. The number of rotatable bonds is 5. The van der Waals surface area contributed by atoms with Crippen LogP contribution in [-0.2, 0) is 11.2 Å². The highest BCUT2D eigenvalue weighted by Crippen LogP contribution is 2.37. The topological polar surface area (TPSA) is 21.3 Å². The summed E-state index contributed by atoms with van der Waals surface area (Å²) in [5, 5.41) is 3.18. The third-order valence-electron chi connectivity index (χ3n) is 4.39. The zero-order chi connectivity index (χ0) is 14.8. The van der Waals surface area contributed by atoms with E-state index in [9.17, 15) is 8.78 Å². The molecule has 112 valence electrons. The highest BCUT2D eigenvalue weighted by atomic mass is 79.9. The van der Waals surface area contributed by atoms with Crippen LogP contribution in [0.3, 0.4) is 0 Å². The predicted octanol–water partition coefficient (Wildman–Crippen LogP) is 3.82. The Morgan fingerprint density at radius 3 is 2.55 bits per heavy atom. The molecule has 0 heterocycles. The molecular formula is C15H20BrF2NO. The number of benzene rings is 1. The minimum atomic E-state index is -0.519. The van der Waals surface area contributed by atoms with Crippen LogP contribution in [0.1, 0.15) is 31.2 Å². The fourth-order valence-electron chi connectivity index (χ4n) is 3.18. The first-order chi connectivity index (χ1) is 9.54. The molecule has 1 aromatic carbocycles. The summed E-state index contributed by atoms with van der Waals surface area (Å²) >= 11 is 3.11. The number of nitrogens with one attached hydrogen (secondary N) is 1. The number of likely N-dealkylation sites (N-methyl/N-ethyl adjacent to an activating group) is 1. The van der Waals surface area contributed by atoms with Crippen molar-refractivity contribution in [3.63, 3.8) is 0 Å². The molecule has 1 fully saturated rings. The van der Waals surface area contributed by atoms with Gasteiger partial charge in [0.25, 0.3) is 0 Å². The molecule has 0 amide bonds. The van der Waals surface area contributed by atoms with Gasteiger partial charge in [0.05, 0.1) is 10.1 Å². The maximum absolute atomic E-state index is 14.1. The summed E-state index contributed by atoms with van der Waals surface area (Å²) in [4.78, 5) is 0. The zero-order valence-corrected chi connectivity index (χ0v) is 13.4. The fourth-order valence-corrected chi connectivity index (χ4v) is 3.55. The van der Waals surface area contributed by atoms with Crippen LogP contribution in [0.25, 0.3) is 0 Å². The minimum Gasteiger partial charge on any atom is -0.377 e. The molecule has 20 heavy (non-hydrogen) atoms. The average Bonchev–Trinajstić information content (AvgIpc) is 2.93. The molecule has 1 saturated carbocycles. The highest BCUT2D eigenvalue weighted by Gasteiger charge is 2.41. The summed E-state index contributed by atoms with van der Waals surface area (Å²) in [5.41, 5.74) is -0.210. The smallest absolute Gasteiger partial charge is 0.143 e. The summed E-state index contributed by atoms with van der Waals surface area (Å²) in [6, 6.07) is 2.58. The third-order valence-corrected chi connectivity index (χ3v) is 5.00. The number of ether oxygens (including phenoxy) is 1. The molecule has 0 aliphatic heterocycles. The van der Waals surface area contributed by atoms with Gasteiger partial charge in [-0.25, -0.2) is 8.78 Å². The first-order valence-corrected chi connectivity index (χ1v) is 7.68. The van der Waals surface area contributed by atoms with Crippen molar-refractivity contribution in [2.24, 2.45) is 0 Å². The van der Waals surface area contributed by atoms with Gasteiger partial charge in [0.15, 0.2) is 0 Å². The summed E-state index contributed by atoms with van der Waals surface area (Å²) in [6.07, 6.45) is 4.31. The Kier molecular flexibility index (Phi) is 5.15. The molecule has 1 aliphatic carbocycles. The van der Waals surface area contributed by atoms with Gasteiger partial charge in [-0.3, -0.25) is 0 Å². The van der Waals surface area contributed by atoms with E-state index in [1.54, 1.807) is 7.11 Å². The number of hydrogen-bond acceptors (Lipinski definition) is 2. The van der Waals surface area contributed by atoms with Crippen LogP contribution in [-0.4, -0.2) is 25.8 Å². The Balaban J connectivity index is 2.29. The van der Waals surface area contributed by atoms with Crippen molar-refractivity contribution in [2.45, 2.75) is 43.7 Å². The lowest BCUT2D eigenvalue weighted by atomic mass is 9.87. The maximum Gasteiger partial charge on any atom is 0.143 e. The van der Waals surface area contributed by atoms with Crippen molar-refractivity contribution in [1.82, 2.24) is 5.32 Å². The van der Waals surface area contributed by atoms with Crippen LogP contribution in [0.4, 0.5) is 8.78 Å². The largest absolute Gasteiger partial charge is 0.377 e. The van der Waals surface area contributed by atoms with Gasteiger partial charge in [-0.05, 0) is 54.4 Å². The highest BCUT2D eigenvalue weighted by molar-refractivity contribution is 9.10. The van der Waals surface area contributed by atoms with Gasteiger partial charge in [0.2, 0.25) is 0 Å². The SMILES string of the molecule is CNC(Cc1c(F)ccc(Br)c1F)C1(OC)CCCC1. The van der Waals surface area contributed by atoms with E-state index in [-0.39, 0.29) is 23.6 Å². The van der Waals surface area contributed by atoms with Gasteiger partial charge in [0, 0.05) is 18.7 Å². The summed E-state index contributed by atoms with van der Waals surface area (Å²) < 4.78 is 34.0. The van der Waals surface area contributed by atoms with E-state index in [1.807, 2.05) is 7.05 Å². The van der Waals surface area contributed by atoms with E-state index in [4.69, 9.17) is 4.74 Å². The van der Waals surface area contributed by atoms with E-state index in [2.05, 4.69) is 21.2 Å². The van der Waals surface area contributed by atoms with Gasteiger partial charge in [-0.2, -0.15) is 0 Å². The quantitative estimate of drug-likeness (QED) is 0.817. The monoisotopic (exact) mass is 347 g/mol. The molecule has 1 unspecified atom stereocenters. The normalized spacial score (nSPS) is 19.2. The summed E-state index contributed by atoms with van der Waals surface area (Å²) in [7, 11) is 3.50. The molecule has 0 bridgehead atoms. The van der Waals surface area contributed by atoms with Crippen LogP contribution < -0.4 is 5.32 Å². The molecule has 1 aliphatic rings. The van der Waals surface area contributed by atoms with E-state index in [1.165, 1.54) is 12.1 Å². The Morgan fingerprint density at radius 1 is 1.35 bits per heavy atom. The Morgan fingerprint density at radius 2 is 2.00 bits per heavy atom. The van der Waals surface area contributed by atoms with Crippen molar-refractivity contribution < 1.29 is 13.5 Å². The van der Waals surface area contributed by atoms with Crippen LogP contribution >= 0.6 is 15.9 Å². The molecular weight excluding hydrogens is 328 g/mol. The summed E-state index contributed by atoms with van der Waals surface area (Å²) in [6.45, 7) is 0. The maximum atomic E-state index is 14.1. The lowest BCUT2D eigenvalue weighted by Crippen LogP contribution is -2.50. The molecule has 0 radical (unpaired) electrons. The molecule has 1 aromatic rings. The molecule has 0 aromatic heterocycles. The number of methoxy groups -OCH3 is 1. The lowest BCUT2D eigenvalue weighted by molar-refractivity contribution is -0.0339. The van der Waals surface area contributed by atoms with Gasteiger partial charge in [0.1, 0.15) is 11.6 Å². The van der Waals surface area contributed by atoms with Crippen molar-refractivity contribution in [2.75, 3.05) is 14.2 Å².